The zero-order valence-electron chi connectivity index (χ0n) is 11.7. The molecule has 1 aliphatic heterocycles. The first kappa shape index (κ1) is 15.4. The molecule has 20 heavy (non-hydrogen) atoms. The van der Waals surface area contributed by atoms with Gasteiger partial charge in [0.1, 0.15) is 0 Å². The van der Waals surface area contributed by atoms with E-state index in [-0.39, 0.29) is 12.1 Å². The highest BCUT2D eigenvalue weighted by Gasteiger charge is 2.18. The van der Waals surface area contributed by atoms with Gasteiger partial charge in [-0.05, 0) is 37.0 Å². The van der Waals surface area contributed by atoms with Crippen LogP contribution >= 0.6 is 0 Å². The number of nitrogens with one attached hydrogen (secondary N) is 1. The van der Waals surface area contributed by atoms with Crippen LogP contribution in [0.15, 0.2) is 18.2 Å². The molecule has 1 aromatic rings. The summed E-state index contributed by atoms with van der Waals surface area (Å²) in [6.07, 6.45) is 3.51. The van der Waals surface area contributed by atoms with Gasteiger partial charge in [0.2, 0.25) is 0 Å². The monoisotopic (exact) mass is 285 g/mol. The van der Waals surface area contributed by atoms with Crippen molar-refractivity contribution in [3.8, 4) is 0 Å². The Labute approximate surface area is 118 Å². The molecule has 0 aliphatic carbocycles. The topological polar surface area (TPSA) is 30.5 Å². The average molecular weight is 285 g/mol. The van der Waals surface area contributed by atoms with Gasteiger partial charge in [0.25, 0.3) is 0 Å². The second-order valence-electron chi connectivity index (χ2n) is 5.08. The van der Waals surface area contributed by atoms with Crippen LogP contribution in [-0.2, 0) is 9.47 Å². The van der Waals surface area contributed by atoms with Gasteiger partial charge in [0.15, 0.2) is 11.6 Å². The van der Waals surface area contributed by atoms with Crippen LogP contribution < -0.4 is 5.32 Å². The Hall–Kier alpha value is -1.04. The molecular formula is C15H21F2NO2. The Morgan fingerprint density at radius 2 is 2.20 bits per heavy atom. The molecule has 1 aromatic carbocycles. The van der Waals surface area contributed by atoms with Gasteiger partial charge in [-0.25, -0.2) is 8.78 Å². The fourth-order valence-corrected chi connectivity index (χ4v) is 2.41. The lowest BCUT2D eigenvalue weighted by molar-refractivity contribution is 0.0134. The molecular weight excluding hydrogens is 264 g/mol. The van der Waals surface area contributed by atoms with Crippen molar-refractivity contribution >= 4 is 0 Å². The van der Waals surface area contributed by atoms with E-state index >= 15 is 0 Å². The van der Waals surface area contributed by atoms with Crippen LogP contribution in [0.4, 0.5) is 8.78 Å². The van der Waals surface area contributed by atoms with E-state index in [0.29, 0.717) is 18.7 Å². The molecule has 2 rings (SSSR count). The third kappa shape index (κ3) is 4.23. The van der Waals surface area contributed by atoms with E-state index in [2.05, 4.69) is 5.32 Å². The molecule has 0 amide bonds. The first-order valence-corrected chi connectivity index (χ1v) is 6.99. The summed E-state index contributed by atoms with van der Waals surface area (Å²) in [5, 5.41) is 3.31. The van der Waals surface area contributed by atoms with Crippen molar-refractivity contribution in [1.29, 1.82) is 0 Å². The van der Waals surface area contributed by atoms with Gasteiger partial charge < -0.3 is 14.8 Å². The van der Waals surface area contributed by atoms with Crippen LogP contribution in [0.2, 0.25) is 0 Å². The van der Waals surface area contributed by atoms with E-state index in [0.717, 1.165) is 25.5 Å². The molecule has 0 bridgehead atoms. The minimum Gasteiger partial charge on any atom is -0.383 e. The molecule has 1 heterocycles. The predicted molar refractivity (Wildman–Crippen MR) is 72.6 cm³/mol. The largest absolute Gasteiger partial charge is 0.383 e. The normalized spacial score (nSPS) is 20.9. The van der Waals surface area contributed by atoms with Gasteiger partial charge in [-0.2, -0.15) is 0 Å². The van der Waals surface area contributed by atoms with Crippen molar-refractivity contribution < 1.29 is 18.3 Å². The van der Waals surface area contributed by atoms with E-state index in [1.54, 1.807) is 13.2 Å². The smallest absolute Gasteiger partial charge is 0.159 e. The fraction of sp³-hybridized carbons (Fsp3) is 0.600. The van der Waals surface area contributed by atoms with Crippen LogP contribution in [0.3, 0.4) is 0 Å². The van der Waals surface area contributed by atoms with Crippen LogP contribution in [0.5, 0.6) is 0 Å². The first-order chi connectivity index (χ1) is 9.70. The molecule has 5 heteroatoms. The highest BCUT2D eigenvalue weighted by molar-refractivity contribution is 5.21. The van der Waals surface area contributed by atoms with Crippen molar-refractivity contribution in [2.75, 3.05) is 26.9 Å². The minimum absolute atomic E-state index is 0.166. The SMILES string of the molecule is COC[C@@H](NC[C@H]1CCCCO1)c1ccc(F)c(F)c1. The summed E-state index contributed by atoms with van der Waals surface area (Å²) in [6.45, 7) is 1.89. The fourth-order valence-electron chi connectivity index (χ4n) is 2.41. The van der Waals surface area contributed by atoms with Crippen LogP contribution in [-0.4, -0.2) is 33.0 Å². The summed E-state index contributed by atoms with van der Waals surface area (Å²) in [7, 11) is 1.59. The van der Waals surface area contributed by atoms with E-state index in [4.69, 9.17) is 9.47 Å². The lowest BCUT2D eigenvalue weighted by atomic mass is 10.1. The maximum Gasteiger partial charge on any atom is 0.159 e. The Balaban J connectivity index is 1.96. The maximum atomic E-state index is 13.3. The van der Waals surface area contributed by atoms with Gasteiger partial charge >= 0.3 is 0 Å². The van der Waals surface area contributed by atoms with Crippen molar-refractivity contribution in [2.24, 2.45) is 0 Å². The molecule has 2 atom stereocenters. The standard InChI is InChI=1S/C15H21F2NO2/c1-19-10-15(11-5-6-13(16)14(17)8-11)18-9-12-4-2-3-7-20-12/h5-6,8,12,15,18H,2-4,7,9-10H2,1H3/t12-,15-/m1/s1. The van der Waals surface area contributed by atoms with Gasteiger partial charge in [0.05, 0.1) is 18.8 Å². The summed E-state index contributed by atoms with van der Waals surface area (Å²) < 4.78 is 37.1. The molecule has 0 spiro atoms. The lowest BCUT2D eigenvalue weighted by Crippen LogP contribution is -2.35. The maximum absolute atomic E-state index is 13.3. The summed E-state index contributed by atoms with van der Waals surface area (Å²) in [4.78, 5) is 0. The summed E-state index contributed by atoms with van der Waals surface area (Å²) in [6, 6.07) is 3.78. The second-order valence-corrected chi connectivity index (χ2v) is 5.08. The molecule has 1 saturated heterocycles. The molecule has 3 nitrogen and oxygen atoms in total. The van der Waals surface area contributed by atoms with E-state index in [1.807, 2.05) is 0 Å². The molecule has 1 aliphatic rings. The van der Waals surface area contributed by atoms with E-state index < -0.39 is 11.6 Å². The van der Waals surface area contributed by atoms with Crippen LogP contribution in [0.25, 0.3) is 0 Å². The van der Waals surface area contributed by atoms with E-state index in [1.165, 1.54) is 12.5 Å². The van der Waals surface area contributed by atoms with Gasteiger partial charge in [-0.3, -0.25) is 0 Å². The van der Waals surface area contributed by atoms with E-state index in [9.17, 15) is 8.78 Å². The number of hydrogen-bond acceptors (Lipinski definition) is 3. The zero-order valence-corrected chi connectivity index (χ0v) is 11.7. The number of ether oxygens (including phenoxy) is 2. The van der Waals surface area contributed by atoms with Gasteiger partial charge in [-0.1, -0.05) is 6.07 Å². The molecule has 1 N–H and O–H groups in total. The zero-order chi connectivity index (χ0) is 14.4. The van der Waals surface area contributed by atoms with Crippen LogP contribution in [0.1, 0.15) is 30.9 Å². The highest BCUT2D eigenvalue weighted by atomic mass is 19.2. The van der Waals surface area contributed by atoms with Crippen molar-refractivity contribution in [1.82, 2.24) is 5.32 Å². The van der Waals surface area contributed by atoms with Crippen LogP contribution in [0, 0.1) is 11.6 Å². The Bertz CT molecular complexity index is 422. The number of benzene rings is 1. The van der Waals surface area contributed by atoms with Gasteiger partial charge in [0, 0.05) is 20.3 Å². The number of hydrogen-bond donors (Lipinski definition) is 1. The molecule has 0 saturated carbocycles. The summed E-state index contributed by atoms with van der Waals surface area (Å²) in [5.41, 5.74) is 0.682. The quantitative estimate of drug-likeness (QED) is 0.872. The number of halogens is 2. The average Bonchev–Trinajstić information content (AvgIpc) is 2.47. The molecule has 112 valence electrons. The number of methoxy groups -OCH3 is 1. The Morgan fingerprint density at radius 3 is 2.85 bits per heavy atom. The van der Waals surface area contributed by atoms with Gasteiger partial charge in [-0.15, -0.1) is 0 Å². The lowest BCUT2D eigenvalue weighted by Gasteiger charge is -2.26. The summed E-state index contributed by atoms with van der Waals surface area (Å²) in [5.74, 6) is -1.67. The highest BCUT2D eigenvalue weighted by Crippen LogP contribution is 2.18. The third-order valence-electron chi connectivity index (χ3n) is 3.55. The predicted octanol–water partition coefficient (Wildman–Crippen LogP) is 2.81. The molecule has 0 unspecified atom stereocenters. The van der Waals surface area contributed by atoms with Crippen molar-refractivity contribution in [2.45, 2.75) is 31.4 Å². The molecule has 1 fully saturated rings. The number of rotatable bonds is 6. The first-order valence-electron chi connectivity index (χ1n) is 6.99. The minimum atomic E-state index is -0.834. The Kier molecular flexibility index (Phi) is 5.88. The molecule has 0 radical (unpaired) electrons. The Morgan fingerprint density at radius 1 is 1.35 bits per heavy atom. The second kappa shape index (κ2) is 7.67. The summed E-state index contributed by atoms with van der Waals surface area (Å²) >= 11 is 0. The van der Waals surface area contributed by atoms with Crippen molar-refractivity contribution in [3.63, 3.8) is 0 Å². The van der Waals surface area contributed by atoms with Crippen molar-refractivity contribution in [3.05, 3.63) is 35.4 Å². The third-order valence-corrected chi connectivity index (χ3v) is 3.55. The molecule has 0 aromatic heterocycles.